The van der Waals surface area contributed by atoms with Gasteiger partial charge in [-0.2, -0.15) is 0 Å². The molecule has 18 heavy (non-hydrogen) atoms. The molecule has 1 rings (SSSR count). The van der Waals surface area contributed by atoms with Crippen LogP contribution < -0.4 is 0 Å². The normalized spacial score (nSPS) is 12.6. The maximum Gasteiger partial charge on any atom is 0.335 e. The molecule has 0 fully saturated rings. The maximum atomic E-state index is 11.5. The van der Waals surface area contributed by atoms with Gasteiger partial charge in [0.2, 0.25) is 0 Å². The number of carbonyl (C=O) groups is 1. The van der Waals surface area contributed by atoms with E-state index in [9.17, 15) is 4.79 Å². The van der Waals surface area contributed by atoms with Crippen LogP contribution in [0.2, 0.25) is 0 Å². The lowest BCUT2D eigenvalue weighted by Gasteiger charge is -2.13. The van der Waals surface area contributed by atoms with Crippen LogP contribution in [-0.2, 0) is 20.9 Å². The Hall–Kier alpha value is -1.65. The summed E-state index contributed by atoms with van der Waals surface area (Å²) < 4.78 is 10.2. The highest BCUT2D eigenvalue weighted by Gasteiger charge is 2.18. The second-order valence-electron chi connectivity index (χ2n) is 3.70. The van der Waals surface area contributed by atoms with Crippen LogP contribution in [0.25, 0.3) is 0 Å². The third kappa shape index (κ3) is 5.12. The monoisotopic (exact) mass is 250 g/mol. The van der Waals surface area contributed by atoms with Crippen LogP contribution in [0.4, 0.5) is 0 Å². The average Bonchev–Trinajstić information content (AvgIpc) is 2.43. The molecule has 1 unspecified atom stereocenters. The van der Waals surface area contributed by atoms with Crippen molar-refractivity contribution in [2.75, 3.05) is 13.7 Å². The first-order valence-electron chi connectivity index (χ1n) is 5.77. The number of rotatable bonds is 7. The molecule has 0 aliphatic carbocycles. The van der Waals surface area contributed by atoms with Gasteiger partial charge in [-0.05, 0) is 5.56 Å². The molecule has 0 radical (unpaired) electrons. The van der Waals surface area contributed by atoms with Gasteiger partial charge < -0.3 is 14.6 Å². The molecule has 1 atom stereocenters. The molecule has 4 heteroatoms. The molecular formula is C14H18O4. The lowest BCUT2D eigenvalue weighted by molar-refractivity contribution is -0.154. The van der Waals surface area contributed by atoms with Crippen molar-refractivity contribution in [2.24, 2.45) is 0 Å². The number of benzene rings is 1. The number of hydrogen-bond donors (Lipinski definition) is 1. The summed E-state index contributed by atoms with van der Waals surface area (Å²) >= 11 is 0. The van der Waals surface area contributed by atoms with Crippen molar-refractivity contribution in [1.82, 2.24) is 0 Å². The van der Waals surface area contributed by atoms with Crippen molar-refractivity contribution >= 4 is 5.97 Å². The van der Waals surface area contributed by atoms with E-state index in [1.807, 2.05) is 30.3 Å². The third-order valence-corrected chi connectivity index (χ3v) is 2.38. The minimum Gasteiger partial charge on any atom is -0.467 e. The number of hydrogen-bond acceptors (Lipinski definition) is 4. The fraction of sp³-hybridized carbons (Fsp3) is 0.357. The molecule has 0 heterocycles. The summed E-state index contributed by atoms with van der Waals surface area (Å²) in [5.41, 5.74) is 0.998. The Labute approximate surface area is 107 Å². The van der Waals surface area contributed by atoms with Crippen molar-refractivity contribution in [3.8, 4) is 0 Å². The first-order valence-corrected chi connectivity index (χ1v) is 5.77. The van der Waals surface area contributed by atoms with Gasteiger partial charge >= 0.3 is 5.97 Å². The molecule has 0 aliphatic rings. The minimum absolute atomic E-state index is 0.0490. The van der Waals surface area contributed by atoms with Gasteiger partial charge in [-0.1, -0.05) is 42.5 Å². The van der Waals surface area contributed by atoms with E-state index in [4.69, 9.17) is 9.84 Å². The van der Waals surface area contributed by atoms with Gasteiger partial charge in [-0.25, -0.2) is 4.79 Å². The van der Waals surface area contributed by atoms with E-state index in [0.29, 0.717) is 13.0 Å². The van der Waals surface area contributed by atoms with Gasteiger partial charge in [0.25, 0.3) is 0 Å². The van der Waals surface area contributed by atoms with Crippen molar-refractivity contribution < 1.29 is 19.4 Å². The van der Waals surface area contributed by atoms with E-state index in [1.165, 1.54) is 7.11 Å². The summed E-state index contributed by atoms with van der Waals surface area (Å²) in [4.78, 5) is 11.5. The van der Waals surface area contributed by atoms with E-state index in [2.05, 4.69) is 4.74 Å². The van der Waals surface area contributed by atoms with Crippen molar-refractivity contribution in [2.45, 2.75) is 19.1 Å². The van der Waals surface area contributed by atoms with Crippen LogP contribution in [0, 0.1) is 0 Å². The number of methoxy groups -OCH3 is 1. The van der Waals surface area contributed by atoms with Gasteiger partial charge in [0.1, 0.15) is 0 Å². The highest BCUT2D eigenvalue weighted by Crippen LogP contribution is 2.08. The zero-order chi connectivity index (χ0) is 13.2. The largest absolute Gasteiger partial charge is 0.467 e. The van der Waals surface area contributed by atoms with Gasteiger partial charge in [0.15, 0.2) is 6.10 Å². The van der Waals surface area contributed by atoms with E-state index in [0.717, 1.165) is 5.56 Å². The topological polar surface area (TPSA) is 55.8 Å². The van der Waals surface area contributed by atoms with Crippen molar-refractivity contribution in [1.29, 1.82) is 0 Å². The lowest BCUT2D eigenvalue weighted by atomic mass is 10.2. The third-order valence-electron chi connectivity index (χ3n) is 2.38. The Balaban J connectivity index is 2.50. The summed E-state index contributed by atoms with van der Waals surface area (Å²) in [6.07, 6.45) is 3.02. The van der Waals surface area contributed by atoms with Crippen LogP contribution in [0.5, 0.6) is 0 Å². The molecule has 0 aromatic heterocycles. The van der Waals surface area contributed by atoms with E-state index in [1.54, 1.807) is 12.2 Å². The van der Waals surface area contributed by atoms with Gasteiger partial charge in [-0.15, -0.1) is 0 Å². The van der Waals surface area contributed by atoms with Crippen LogP contribution in [0.1, 0.15) is 12.0 Å². The van der Waals surface area contributed by atoms with E-state index in [-0.39, 0.29) is 6.61 Å². The summed E-state index contributed by atoms with van der Waals surface area (Å²) in [6, 6.07) is 9.61. The molecule has 0 bridgehead atoms. The van der Waals surface area contributed by atoms with E-state index < -0.39 is 12.1 Å². The van der Waals surface area contributed by atoms with E-state index >= 15 is 0 Å². The number of esters is 1. The quantitative estimate of drug-likeness (QED) is 0.591. The molecule has 98 valence electrons. The maximum absolute atomic E-state index is 11.5. The summed E-state index contributed by atoms with van der Waals surface area (Å²) in [7, 11) is 1.33. The molecule has 4 nitrogen and oxygen atoms in total. The lowest BCUT2D eigenvalue weighted by Crippen LogP contribution is -2.25. The predicted molar refractivity (Wildman–Crippen MR) is 67.9 cm³/mol. The summed E-state index contributed by atoms with van der Waals surface area (Å²) in [6.45, 7) is 0.306. The predicted octanol–water partition coefficient (Wildman–Crippen LogP) is 1.68. The van der Waals surface area contributed by atoms with Crippen LogP contribution >= 0.6 is 0 Å². The molecule has 0 amide bonds. The minimum atomic E-state index is -0.641. The Kier molecular flexibility index (Phi) is 6.76. The average molecular weight is 250 g/mol. The van der Waals surface area contributed by atoms with Crippen LogP contribution in [0.3, 0.4) is 0 Å². The molecule has 0 spiro atoms. The second-order valence-corrected chi connectivity index (χ2v) is 3.70. The smallest absolute Gasteiger partial charge is 0.335 e. The standard InChI is InChI=1S/C14H18O4/c1-17-14(16)13(9-5-6-10-15)18-11-12-7-3-2-4-8-12/h2-8,13,15H,9-11H2,1H3. The summed E-state index contributed by atoms with van der Waals surface area (Å²) in [5, 5.41) is 8.64. The first kappa shape index (κ1) is 14.4. The molecule has 1 aromatic rings. The molecular weight excluding hydrogens is 232 g/mol. The molecule has 0 aliphatic heterocycles. The molecule has 0 saturated carbocycles. The number of aliphatic hydroxyl groups excluding tert-OH is 1. The molecule has 0 saturated heterocycles. The summed E-state index contributed by atoms with van der Waals surface area (Å²) in [5.74, 6) is -0.409. The highest BCUT2D eigenvalue weighted by atomic mass is 16.6. The number of aliphatic hydroxyl groups is 1. The van der Waals surface area contributed by atoms with Crippen molar-refractivity contribution in [3.63, 3.8) is 0 Å². The van der Waals surface area contributed by atoms with Crippen LogP contribution in [-0.4, -0.2) is 30.9 Å². The SMILES string of the molecule is COC(=O)C(CC=CCO)OCc1ccccc1. The van der Waals surface area contributed by atoms with Crippen LogP contribution in [0.15, 0.2) is 42.5 Å². The second kappa shape index (κ2) is 8.44. The van der Waals surface area contributed by atoms with Gasteiger partial charge in [-0.3, -0.25) is 0 Å². The molecule has 1 aromatic carbocycles. The fourth-order valence-corrected chi connectivity index (χ4v) is 1.43. The Morgan fingerprint density at radius 2 is 2.06 bits per heavy atom. The Morgan fingerprint density at radius 1 is 1.33 bits per heavy atom. The number of carbonyl (C=O) groups excluding carboxylic acids is 1. The first-order chi connectivity index (χ1) is 8.77. The Morgan fingerprint density at radius 3 is 2.67 bits per heavy atom. The van der Waals surface area contributed by atoms with Crippen molar-refractivity contribution in [3.05, 3.63) is 48.0 Å². The zero-order valence-corrected chi connectivity index (χ0v) is 10.4. The van der Waals surface area contributed by atoms with Gasteiger partial charge in [0.05, 0.1) is 20.3 Å². The van der Waals surface area contributed by atoms with Gasteiger partial charge in [0, 0.05) is 6.42 Å². The Bertz CT molecular complexity index is 373. The molecule has 1 N–H and O–H groups in total. The fourth-order valence-electron chi connectivity index (χ4n) is 1.43. The number of ether oxygens (including phenoxy) is 2. The zero-order valence-electron chi connectivity index (χ0n) is 10.4. The highest BCUT2D eigenvalue weighted by molar-refractivity contribution is 5.74.